The fraction of sp³-hybridized carbons (Fsp3) is 1.00. The zero-order chi connectivity index (χ0) is 12.0. The van der Waals surface area contributed by atoms with Gasteiger partial charge in [-0.25, -0.2) is 8.42 Å². The number of likely N-dealkylation sites (tertiary alicyclic amines) is 1. The molecule has 0 unspecified atom stereocenters. The first-order chi connectivity index (χ1) is 7.53. The number of nitrogens with one attached hydrogen (secondary N) is 1. The van der Waals surface area contributed by atoms with Crippen LogP contribution in [0, 0.1) is 0 Å². The highest BCUT2D eigenvalue weighted by molar-refractivity contribution is 7.91. The summed E-state index contributed by atoms with van der Waals surface area (Å²) < 4.78 is 22.5. The zero-order valence-electron chi connectivity index (χ0n) is 10.4. The largest absolute Gasteiger partial charge is 0.314 e. The number of hydrogen-bond donors (Lipinski definition) is 1. The van der Waals surface area contributed by atoms with E-state index in [1.54, 1.807) is 6.92 Å². The summed E-state index contributed by atoms with van der Waals surface area (Å²) in [7, 11) is -0.637. The molecule has 1 N–H and O–H groups in total. The molecular formula is C11H24N2O2S. The van der Waals surface area contributed by atoms with Crippen molar-refractivity contribution in [3.05, 3.63) is 0 Å². The van der Waals surface area contributed by atoms with Gasteiger partial charge < -0.3 is 10.2 Å². The monoisotopic (exact) mass is 248 g/mol. The molecule has 0 aromatic heterocycles. The van der Waals surface area contributed by atoms with Crippen molar-refractivity contribution in [1.82, 2.24) is 10.2 Å². The van der Waals surface area contributed by atoms with Crippen LogP contribution in [-0.2, 0) is 9.84 Å². The highest BCUT2D eigenvalue weighted by Gasteiger charge is 2.15. The molecule has 16 heavy (non-hydrogen) atoms. The summed E-state index contributed by atoms with van der Waals surface area (Å²) in [5.74, 6) is 0.588. The maximum Gasteiger partial charge on any atom is 0.150 e. The second kappa shape index (κ2) is 6.57. The van der Waals surface area contributed by atoms with Crippen LogP contribution in [0.25, 0.3) is 0 Å². The topological polar surface area (TPSA) is 49.4 Å². The Kier molecular flexibility index (Phi) is 5.72. The van der Waals surface area contributed by atoms with Crippen LogP contribution in [0.4, 0.5) is 0 Å². The average molecular weight is 248 g/mol. The second-order valence-electron chi connectivity index (χ2n) is 4.62. The van der Waals surface area contributed by atoms with E-state index in [1.807, 2.05) is 0 Å². The minimum Gasteiger partial charge on any atom is -0.314 e. The van der Waals surface area contributed by atoms with Gasteiger partial charge in [-0.2, -0.15) is 0 Å². The van der Waals surface area contributed by atoms with Gasteiger partial charge in [0.05, 0.1) is 5.75 Å². The molecule has 0 aromatic carbocycles. The maximum atomic E-state index is 11.3. The number of rotatable bonds is 6. The van der Waals surface area contributed by atoms with E-state index >= 15 is 0 Å². The summed E-state index contributed by atoms with van der Waals surface area (Å²) in [5.41, 5.74) is 0. The van der Waals surface area contributed by atoms with E-state index in [1.165, 1.54) is 12.8 Å². The standard InChI is InChI=1S/C11H24N2O2S/c1-3-16(14,15)10-4-7-12-11-5-8-13(2)9-6-11/h11-12H,3-10H2,1-2H3. The highest BCUT2D eigenvalue weighted by atomic mass is 32.2. The number of piperidine rings is 1. The van der Waals surface area contributed by atoms with Gasteiger partial charge in [-0.1, -0.05) is 6.92 Å². The molecule has 1 rings (SSSR count). The minimum atomic E-state index is -2.78. The van der Waals surface area contributed by atoms with Crippen molar-refractivity contribution in [3.63, 3.8) is 0 Å². The van der Waals surface area contributed by atoms with Crippen LogP contribution >= 0.6 is 0 Å². The van der Waals surface area contributed by atoms with Gasteiger partial charge in [0.2, 0.25) is 0 Å². The molecule has 1 heterocycles. The molecule has 0 aliphatic carbocycles. The Hall–Kier alpha value is -0.130. The number of nitrogens with zero attached hydrogens (tertiary/aromatic N) is 1. The lowest BCUT2D eigenvalue weighted by atomic mass is 10.1. The van der Waals surface area contributed by atoms with Crippen molar-refractivity contribution in [3.8, 4) is 0 Å². The number of sulfone groups is 1. The molecule has 0 atom stereocenters. The van der Waals surface area contributed by atoms with Crippen molar-refractivity contribution in [2.45, 2.75) is 32.2 Å². The summed E-state index contributed by atoms with van der Waals surface area (Å²) in [6.07, 6.45) is 3.09. The molecule has 96 valence electrons. The smallest absolute Gasteiger partial charge is 0.150 e. The molecule has 0 amide bonds. The van der Waals surface area contributed by atoms with E-state index in [0.717, 1.165) is 26.1 Å². The second-order valence-corrected chi connectivity index (χ2v) is 7.09. The van der Waals surface area contributed by atoms with E-state index in [0.29, 0.717) is 11.8 Å². The van der Waals surface area contributed by atoms with Gasteiger partial charge >= 0.3 is 0 Å². The van der Waals surface area contributed by atoms with Gasteiger partial charge in [0, 0.05) is 11.8 Å². The van der Waals surface area contributed by atoms with Crippen LogP contribution in [-0.4, -0.2) is 57.5 Å². The molecule has 1 aliphatic rings. The third-order valence-corrected chi connectivity index (χ3v) is 5.01. The Balaban J connectivity index is 2.08. The maximum absolute atomic E-state index is 11.3. The Labute approximate surface area is 99.3 Å². The van der Waals surface area contributed by atoms with E-state index in [-0.39, 0.29) is 5.75 Å². The van der Waals surface area contributed by atoms with E-state index in [4.69, 9.17) is 0 Å². The highest BCUT2D eigenvalue weighted by Crippen LogP contribution is 2.07. The summed E-state index contributed by atoms with van der Waals surface area (Å²) in [4.78, 5) is 2.33. The van der Waals surface area contributed by atoms with Gasteiger partial charge in [-0.15, -0.1) is 0 Å². The van der Waals surface area contributed by atoms with Crippen LogP contribution in [0.3, 0.4) is 0 Å². The van der Waals surface area contributed by atoms with Crippen LogP contribution < -0.4 is 5.32 Å². The van der Waals surface area contributed by atoms with Crippen LogP contribution in [0.1, 0.15) is 26.2 Å². The minimum absolute atomic E-state index is 0.265. The first-order valence-corrected chi connectivity index (χ1v) is 7.98. The normalized spacial score (nSPS) is 20.1. The SMILES string of the molecule is CCS(=O)(=O)CCCNC1CCN(C)CC1. The molecule has 0 spiro atoms. The average Bonchev–Trinajstić information content (AvgIpc) is 2.27. The van der Waals surface area contributed by atoms with Gasteiger partial charge in [0.15, 0.2) is 0 Å². The summed E-state index contributed by atoms with van der Waals surface area (Å²) in [5, 5.41) is 3.45. The van der Waals surface area contributed by atoms with E-state index < -0.39 is 9.84 Å². The quantitative estimate of drug-likeness (QED) is 0.695. The Bertz CT molecular complexity index is 282. The zero-order valence-corrected chi connectivity index (χ0v) is 11.2. The molecule has 0 bridgehead atoms. The van der Waals surface area contributed by atoms with Crippen LogP contribution in [0.5, 0.6) is 0 Å². The van der Waals surface area contributed by atoms with Gasteiger partial charge in [0.1, 0.15) is 9.84 Å². The van der Waals surface area contributed by atoms with Crippen molar-refractivity contribution in [2.75, 3.05) is 38.2 Å². The van der Waals surface area contributed by atoms with Crippen molar-refractivity contribution in [2.24, 2.45) is 0 Å². The fourth-order valence-corrected chi connectivity index (χ4v) is 2.83. The first-order valence-electron chi connectivity index (χ1n) is 6.16. The third kappa shape index (κ3) is 5.27. The van der Waals surface area contributed by atoms with E-state index in [2.05, 4.69) is 17.3 Å². The molecule has 0 radical (unpaired) electrons. The Morgan fingerprint density at radius 2 is 1.94 bits per heavy atom. The van der Waals surface area contributed by atoms with E-state index in [9.17, 15) is 8.42 Å². The van der Waals surface area contributed by atoms with Gasteiger partial charge in [0.25, 0.3) is 0 Å². The Morgan fingerprint density at radius 1 is 1.31 bits per heavy atom. The lowest BCUT2D eigenvalue weighted by molar-refractivity contribution is 0.235. The molecule has 0 saturated carbocycles. The summed E-state index contributed by atoms with van der Waals surface area (Å²) >= 11 is 0. The van der Waals surface area contributed by atoms with Crippen molar-refractivity contribution < 1.29 is 8.42 Å². The van der Waals surface area contributed by atoms with Crippen LogP contribution in [0.2, 0.25) is 0 Å². The predicted molar refractivity (Wildman–Crippen MR) is 67.5 cm³/mol. The van der Waals surface area contributed by atoms with Gasteiger partial charge in [-0.05, 0) is 45.9 Å². The van der Waals surface area contributed by atoms with Crippen LogP contribution in [0.15, 0.2) is 0 Å². The van der Waals surface area contributed by atoms with Crippen molar-refractivity contribution in [1.29, 1.82) is 0 Å². The fourth-order valence-electron chi connectivity index (χ4n) is 1.96. The molecule has 4 nitrogen and oxygen atoms in total. The molecule has 1 saturated heterocycles. The Morgan fingerprint density at radius 3 is 2.50 bits per heavy atom. The predicted octanol–water partition coefficient (Wildman–Crippen LogP) is 0.495. The molecular weight excluding hydrogens is 224 g/mol. The van der Waals surface area contributed by atoms with Gasteiger partial charge in [-0.3, -0.25) is 0 Å². The summed E-state index contributed by atoms with van der Waals surface area (Å²) in [6, 6.07) is 0.584. The third-order valence-electron chi connectivity index (χ3n) is 3.22. The molecule has 5 heteroatoms. The molecule has 1 fully saturated rings. The first kappa shape index (κ1) is 13.9. The lowest BCUT2D eigenvalue weighted by Gasteiger charge is -2.29. The lowest BCUT2D eigenvalue weighted by Crippen LogP contribution is -2.41. The summed E-state index contributed by atoms with van der Waals surface area (Å²) in [6.45, 7) is 4.82. The molecule has 0 aromatic rings. The van der Waals surface area contributed by atoms with Crippen molar-refractivity contribution >= 4 is 9.84 Å². The number of hydrogen-bond acceptors (Lipinski definition) is 4. The molecule has 1 aliphatic heterocycles.